The molecule has 0 atom stereocenters. The van der Waals surface area contributed by atoms with Crippen LogP contribution in [0.5, 0.6) is 0 Å². The van der Waals surface area contributed by atoms with Crippen LogP contribution in [0.25, 0.3) is 0 Å². The average Bonchev–Trinajstić information content (AvgIpc) is 2.13. The molecule has 2 nitrogen and oxygen atoms in total. The van der Waals surface area contributed by atoms with Gasteiger partial charge in [0.15, 0.2) is 0 Å². The third-order valence-corrected chi connectivity index (χ3v) is 1.85. The van der Waals surface area contributed by atoms with E-state index in [1.54, 1.807) is 6.92 Å². The Kier molecular flexibility index (Phi) is 1.53. The van der Waals surface area contributed by atoms with E-state index in [0.29, 0.717) is 5.71 Å². The summed E-state index contributed by atoms with van der Waals surface area (Å²) in [5, 5.41) is 9.85. The zero-order valence-electron chi connectivity index (χ0n) is 5.14. The highest BCUT2D eigenvalue weighted by Gasteiger charge is 1.99. The maximum atomic E-state index is 7.22. The number of nitrogens with two attached hydrogens (primary N) is 1. The van der Waals surface area contributed by atoms with E-state index in [4.69, 9.17) is 11.1 Å². The van der Waals surface area contributed by atoms with Gasteiger partial charge in [0.25, 0.3) is 0 Å². The fourth-order valence-corrected chi connectivity index (χ4v) is 1.33. The highest BCUT2D eigenvalue weighted by atomic mass is 32.1. The maximum absolute atomic E-state index is 7.22. The molecule has 0 spiro atoms. The summed E-state index contributed by atoms with van der Waals surface area (Å²) in [6, 6.07) is 1.86. The van der Waals surface area contributed by atoms with E-state index in [0.717, 1.165) is 10.6 Å². The quantitative estimate of drug-likeness (QED) is 0.573. The Hall–Kier alpha value is -0.830. The Labute approximate surface area is 57.8 Å². The Morgan fingerprint density at radius 3 is 2.67 bits per heavy atom. The second-order valence-corrected chi connectivity index (χ2v) is 2.77. The first-order valence-corrected chi connectivity index (χ1v) is 3.48. The van der Waals surface area contributed by atoms with Gasteiger partial charge in [-0.1, -0.05) is 0 Å². The summed E-state index contributed by atoms with van der Waals surface area (Å²) >= 11 is 1.47. The van der Waals surface area contributed by atoms with Crippen molar-refractivity contribution in [3.63, 3.8) is 0 Å². The summed E-state index contributed by atoms with van der Waals surface area (Å²) in [6.45, 7) is 1.73. The largest absolute Gasteiger partial charge is 0.390 e. The van der Waals surface area contributed by atoms with Crippen LogP contribution in [0, 0.1) is 5.41 Å². The van der Waals surface area contributed by atoms with Crippen molar-refractivity contribution in [3.05, 3.63) is 17.0 Å². The number of hydrogen-bond acceptors (Lipinski definition) is 3. The lowest BCUT2D eigenvalue weighted by Gasteiger charge is -1.91. The normalized spacial score (nSPS) is 9.44. The molecule has 0 aliphatic heterocycles. The Bertz CT molecular complexity index is 227. The van der Waals surface area contributed by atoms with Crippen LogP contribution in [0.2, 0.25) is 0 Å². The van der Waals surface area contributed by atoms with Gasteiger partial charge < -0.3 is 11.1 Å². The Morgan fingerprint density at radius 1 is 1.78 bits per heavy atom. The molecule has 9 heavy (non-hydrogen) atoms. The maximum Gasteiger partial charge on any atom is 0.0948 e. The Morgan fingerprint density at radius 2 is 2.44 bits per heavy atom. The van der Waals surface area contributed by atoms with Crippen molar-refractivity contribution in [3.8, 4) is 0 Å². The van der Waals surface area contributed by atoms with Gasteiger partial charge in [0.2, 0.25) is 0 Å². The molecule has 0 saturated heterocycles. The topological polar surface area (TPSA) is 49.9 Å². The molecule has 0 amide bonds. The number of thiophene rings is 1. The minimum atomic E-state index is 0.536. The number of nitrogen functional groups attached to an aromatic ring is 1. The van der Waals surface area contributed by atoms with Crippen LogP contribution in [-0.2, 0) is 0 Å². The van der Waals surface area contributed by atoms with Crippen LogP contribution in [0.15, 0.2) is 11.4 Å². The minimum Gasteiger partial charge on any atom is -0.390 e. The molecule has 0 saturated carbocycles. The van der Waals surface area contributed by atoms with E-state index in [-0.39, 0.29) is 0 Å². The lowest BCUT2D eigenvalue weighted by atomic mass is 10.2. The van der Waals surface area contributed by atoms with Crippen LogP contribution in [0.3, 0.4) is 0 Å². The average molecular weight is 140 g/mol. The van der Waals surface area contributed by atoms with E-state index in [1.165, 1.54) is 11.3 Å². The molecular formula is C6H8N2S. The molecule has 0 unspecified atom stereocenters. The van der Waals surface area contributed by atoms with Gasteiger partial charge in [0, 0.05) is 11.3 Å². The standard InChI is InChI=1S/C6H8N2S/c1-4(7)5-2-3-9-6(5)8/h2-3,7H,8H2,1H3. The molecule has 1 heterocycles. The van der Waals surface area contributed by atoms with Crippen LogP contribution < -0.4 is 5.73 Å². The first kappa shape index (κ1) is 6.29. The van der Waals surface area contributed by atoms with Gasteiger partial charge in [0.1, 0.15) is 0 Å². The SMILES string of the molecule is CC(=N)c1ccsc1N. The van der Waals surface area contributed by atoms with Crippen LogP contribution in [0.4, 0.5) is 5.00 Å². The van der Waals surface area contributed by atoms with Gasteiger partial charge in [-0.15, -0.1) is 11.3 Å². The van der Waals surface area contributed by atoms with Crippen molar-refractivity contribution in [2.24, 2.45) is 0 Å². The van der Waals surface area contributed by atoms with Crippen molar-refractivity contribution in [1.29, 1.82) is 5.41 Å². The minimum absolute atomic E-state index is 0.536. The van der Waals surface area contributed by atoms with Gasteiger partial charge in [-0.2, -0.15) is 0 Å². The fraction of sp³-hybridized carbons (Fsp3) is 0.167. The molecule has 48 valence electrons. The Balaban J connectivity index is 3.08. The third-order valence-electron chi connectivity index (χ3n) is 1.10. The van der Waals surface area contributed by atoms with Gasteiger partial charge in [-0.05, 0) is 18.4 Å². The van der Waals surface area contributed by atoms with Crippen LogP contribution in [-0.4, -0.2) is 5.71 Å². The number of rotatable bonds is 1. The molecular weight excluding hydrogens is 132 g/mol. The first-order valence-electron chi connectivity index (χ1n) is 2.60. The molecule has 1 aromatic rings. The second-order valence-electron chi connectivity index (χ2n) is 1.82. The number of anilines is 1. The van der Waals surface area contributed by atoms with E-state index in [9.17, 15) is 0 Å². The summed E-state index contributed by atoms with van der Waals surface area (Å²) in [4.78, 5) is 0. The van der Waals surface area contributed by atoms with Crippen molar-refractivity contribution in [2.75, 3.05) is 5.73 Å². The van der Waals surface area contributed by atoms with Crippen LogP contribution >= 0.6 is 11.3 Å². The summed E-state index contributed by atoms with van der Waals surface area (Å²) in [5.74, 6) is 0. The zero-order valence-corrected chi connectivity index (χ0v) is 5.96. The summed E-state index contributed by atoms with van der Waals surface area (Å²) < 4.78 is 0. The molecule has 1 aromatic heterocycles. The highest BCUT2D eigenvalue weighted by molar-refractivity contribution is 7.14. The molecule has 0 radical (unpaired) electrons. The van der Waals surface area contributed by atoms with Crippen molar-refractivity contribution < 1.29 is 0 Å². The predicted molar refractivity (Wildman–Crippen MR) is 41.2 cm³/mol. The lowest BCUT2D eigenvalue weighted by Crippen LogP contribution is -1.93. The van der Waals surface area contributed by atoms with E-state index in [2.05, 4.69) is 0 Å². The number of nitrogens with one attached hydrogen (secondary N) is 1. The van der Waals surface area contributed by atoms with E-state index < -0.39 is 0 Å². The molecule has 0 bridgehead atoms. The monoisotopic (exact) mass is 140 g/mol. The van der Waals surface area contributed by atoms with E-state index in [1.807, 2.05) is 11.4 Å². The second kappa shape index (κ2) is 2.19. The first-order chi connectivity index (χ1) is 4.22. The van der Waals surface area contributed by atoms with Crippen molar-refractivity contribution in [2.45, 2.75) is 6.92 Å². The van der Waals surface area contributed by atoms with Gasteiger partial charge in [-0.3, -0.25) is 0 Å². The van der Waals surface area contributed by atoms with Crippen molar-refractivity contribution >= 4 is 22.0 Å². The molecule has 3 heteroatoms. The smallest absolute Gasteiger partial charge is 0.0948 e. The molecule has 3 N–H and O–H groups in total. The fourth-order valence-electron chi connectivity index (χ4n) is 0.631. The summed E-state index contributed by atoms with van der Waals surface area (Å²) in [5.41, 5.74) is 6.92. The molecule has 0 aliphatic carbocycles. The van der Waals surface area contributed by atoms with E-state index >= 15 is 0 Å². The molecule has 0 aromatic carbocycles. The van der Waals surface area contributed by atoms with Gasteiger partial charge in [0.05, 0.1) is 5.00 Å². The number of hydrogen-bond donors (Lipinski definition) is 2. The van der Waals surface area contributed by atoms with Crippen molar-refractivity contribution in [1.82, 2.24) is 0 Å². The highest BCUT2D eigenvalue weighted by Crippen LogP contribution is 2.18. The molecule has 0 fully saturated rings. The van der Waals surface area contributed by atoms with Gasteiger partial charge >= 0.3 is 0 Å². The molecule has 0 aliphatic rings. The zero-order chi connectivity index (χ0) is 6.85. The third kappa shape index (κ3) is 1.10. The van der Waals surface area contributed by atoms with Crippen LogP contribution in [0.1, 0.15) is 12.5 Å². The summed E-state index contributed by atoms with van der Waals surface area (Å²) in [6.07, 6.45) is 0. The molecule has 1 rings (SSSR count). The predicted octanol–water partition coefficient (Wildman–Crippen LogP) is 1.72. The summed E-state index contributed by atoms with van der Waals surface area (Å²) in [7, 11) is 0. The van der Waals surface area contributed by atoms with Gasteiger partial charge in [-0.25, -0.2) is 0 Å². The lowest BCUT2D eigenvalue weighted by molar-refractivity contribution is 1.47.